The SMILES string of the molecule is CCNCC1CCCC1Cc1ccncc1. The molecule has 1 aliphatic rings. The minimum atomic E-state index is 0.876. The Hall–Kier alpha value is -0.890. The Labute approximate surface area is 98.5 Å². The lowest BCUT2D eigenvalue weighted by molar-refractivity contribution is 0.368. The number of nitrogens with zero attached hydrogens (tertiary/aromatic N) is 1. The summed E-state index contributed by atoms with van der Waals surface area (Å²) in [4.78, 5) is 4.08. The van der Waals surface area contributed by atoms with Crippen molar-refractivity contribution in [2.24, 2.45) is 11.8 Å². The van der Waals surface area contributed by atoms with E-state index in [1.165, 1.54) is 37.8 Å². The van der Waals surface area contributed by atoms with Crippen LogP contribution in [0.1, 0.15) is 31.7 Å². The van der Waals surface area contributed by atoms with E-state index in [9.17, 15) is 0 Å². The molecule has 2 atom stereocenters. The first-order chi connectivity index (χ1) is 7.90. The summed E-state index contributed by atoms with van der Waals surface area (Å²) < 4.78 is 0. The predicted molar refractivity (Wildman–Crippen MR) is 67.3 cm³/mol. The molecule has 0 amide bonds. The third-order valence-corrected chi connectivity index (χ3v) is 3.72. The van der Waals surface area contributed by atoms with Gasteiger partial charge in [0.1, 0.15) is 0 Å². The van der Waals surface area contributed by atoms with Gasteiger partial charge < -0.3 is 5.32 Å². The molecule has 1 aromatic rings. The number of nitrogens with one attached hydrogen (secondary N) is 1. The maximum absolute atomic E-state index is 4.08. The standard InChI is InChI=1S/C14H22N2/c1-2-15-11-14-5-3-4-13(14)10-12-6-8-16-9-7-12/h6-9,13-15H,2-5,10-11H2,1H3. The fourth-order valence-electron chi connectivity index (χ4n) is 2.80. The van der Waals surface area contributed by atoms with Crippen molar-refractivity contribution in [2.75, 3.05) is 13.1 Å². The van der Waals surface area contributed by atoms with Crippen molar-refractivity contribution in [1.82, 2.24) is 10.3 Å². The highest BCUT2D eigenvalue weighted by atomic mass is 14.8. The van der Waals surface area contributed by atoms with Crippen molar-refractivity contribution < 1.29 is 0 Å². The number of aromatic nitrogens is 1. The Balaban J connectivity index is 1.88. The number of pyridine rings is 1. The van der Waals surface area contributed by atoms with Gasteiger partial charge in [0, 0.05) is 12.4 Å². The second-order valence-electron chi connectivity index (χ2n) is 4.82. The van der Waals surface area contributed by atoms with E-state index in [0.29, 0.717) is 0 Å². The summed E-state index contributed by atoms with van der Waals surface area (Å²) in [6.07, 6.45) is 9.26. The molecule has 1 aliphatic carbocycles. The van der Waals surface area contributed by atoms with Crippen LogP contribution in [0.25, 0.3) is 0 Å². The Morgan fingerprint density at radius 3 is 2.75 bits per heavy atom. The molecule has 1 saturated carbocycles. The minimum Gasteiger partial charge on any atom is -0.317 e. The third-order valence-electron chi connectivity index (χ3n) is 3.72. The Bertz CT molecular complexity index is 297. The quantitative estimate of drug-likeness (QED) is 0.822. The van der Waals surface area contributed by atoms with Crippen LogP contribution in [-0.4, -0.2) is 18.1 Å². The highest BCUT2D eigenvalue weighted by Gasteiger charge is 2.26. The van der Waals surface area contributed by atoms with Crippen LogP contribution in [0.4, 0.5) is 0 Å². The summed E-state index contributed by atoms with van der Waals surface area (Å²) in [6, 6.07) is 4.31. The Kier molecular flexibility index (Phi) is 4.34. The van der Waals surface area contributed by atoms with Gasteiger partial charge in [0.25, 0.3) is 0 Å². The van der Waals surface area contributed by atoms with Crippen LogP contribution in [0, 0.1) is 11.8 Å². The van der Waals surface area contributed by atoms with E-state index in [1.807, 2.05) is 12.4 Å². The summed E-state index contributed by atoms with van der Waals surface area (Å²) in [6.45, 7) is 4.48. The van der Waals surface area contributed by atoms with E-state index in [2.05, 4.69) is 29.4 Å². The van der Waals surface area contributed by atoms with Gasteiger partial charge in [0.05, 0.1) is 0 Å². The lowest BCUT2D eigenvalue weighted by Gasteiger charge is -2.19. The van der Waals surface area contributed by atoms with Crippen LogP contribution in [0.2, 0.25) is 0 Å². The first kappa shape index (κ1) is 11.6. The zero-order valence-corrected chi connectivity index (χ0v) is 10.2. The van der Waals surface area contributed by atoms with Crippen molar-refractivity contribution in [2.45, 2.75) is 32.6 Å². The van der Waals surface area contributed by atoms with Gasteiger partial charge in [-0.15, -0.1) is 0 Å². The first-order valence-corrected chi connectivity index (χ1v) is 6.49. The van der Waals surface area contributed by atoms with Gasteiger partial charge in [-0.25, -0.2) is 0 Å². The van der Waals surface area contributed by atoms with E-state index in [4.69, 9.17) is 0 Å². The maximum atomic E-state index is 4.08. The van der Waals surface area contributed by atoms with E-state index < -0.39 is 0 Å². The second kappa shape index (κ2) is 6.00. The molecular weight excluding hydrogens is 196 g/mol. The van der Waals surface area contributed by atoms with Gasteiger partial charge >= 0.3 is 0 Å². The number of hydrogen-bond donors (Lipinski definition) is 1. The average molecular weight is 218 g/mol. The van der Waals surface area contributed by atoms with Gasteiger partial charge in [-0.3, -0.25) is 4.98 Å². The molecule has 0 aliphatic heterocycles. The number of hydrogen-bond acceptors (Lipinski definition) is 2. The zero-order valence-electron chi connectivity index (χ0n) is 10.2. The second-order valence-corrected chi connectivity index (χ2v) is 4.82. The van der Waals surface area contributed by atoms with Crippen LogP contribution in [0.5, 0.6) is 0 Å². The largest absolute Gasteiger partial charge is 0.317 e. The molecule has 2 nitrogen and oxygen atoms in total. The van der Waals surface area contributed by atoms with Gasteiger partial charge in [-0.05, 0) is 61.9 Å². The van der Waals surface area contributed by atoms with Crippen molar-refractivity contribution in [3.05, 3.63) is 30.1 Å². The molecule has 0 bridgehead atoms. The fraction of sp³-hybridized carbons (Fsp3) is 0.643. The number of rotatable bonds is 5. The van der Waals surface area contributed by atoms with Gasteiger partial charge in [0.15, 0.2) is 0 Å². The van der Waals surface area contributed by atoms with Crippen molar-refractivity contribution in [3.8, 4) is 0 Å². The normalized spacial score (nSPS) is 24.8. The van der Waals surface area contributed by atoms with E-state index >= 15 is 0 Å². The zero-order chi connectivity index (χ0) is 11.2. The maximum Gasteiger partial charge on any atom is 0.0270 e. The molecule has 0 saturated heterocycles. The van der Waals surface area contributed by atoms with Crippen molar-refractivity contribution in [3.63, 3.8) is 0 Å². The molecule has 2 rings (SSSR count). The average Bonchev–Trinajstić information content (AvgIpc) is 2.75. The molecular formula is C14H22N2. The van der Waals surface area contributed by atoms with Crippen LogP contribution in [-0.2, 0) is 6.42 Å². The molecule has 88 valence electrons. The lowest BCUT2D eigenvalue weighted by atomic mass is 9.90. The Morgan fingerprint density at radius 2 is 2.00 bits per heavy atom. The summed E-state index contributed by atoms with van der Waals surface area (Å²) in [5, 5.41) is 3.49. The van der Waals surface area contributed by atoms with E-state index in [-0.39, 0.29) is 0 Å². The van der Waals surface area contributed by atoms with Gasteiger partial charge in [-0.2, -0.15) is 0 Å². The first-order valence-electron chi connectivity index (χ1n) is 6.49. The molecule has 1 fully saturated rings. The van der Waals surface area contributed by atoms with Crippen LogP contribution >= 0.6 is 0 Å². The predicted octanol–water partition coefficient (Wildman–Crippen LogP) is 2.65. The molecule has 1 aromatic heterocycles. The molecule has 1 N–H and O–H groups in total. The lowest BCUT2D eigenvalue weighted by Crippen LogP contribution is -2.25. The molecule has 0 radical (unpaired) electrons. The third kappa shape index (κ3) is 3.05. The minimum absolute atomic E-state index is 0.876. The monoisotopic (exact) mass is 218 g/mol. The molecule has 2 unspecified atom stereocenters. The summed E-state index contributed by atoms with van der Waals surface area (Å²) >= 11 is 0. The van der Waals surface area contributed by atoms with Crippen molar-refractivity contribution >= 4 is 0 Å². The van der Waals surface area contributed by atoms with Gasteiger partial charge in [0.2, 0.25) is 0 Å². The van der Waals surface area contributed by atoms with Crippen molar-refractivity contribution in [1.29, 1.82) is 0 Å². The van der Waals surface area contributed by atoms with Crippen LogP contribution < -0.4 is 5.32 Å². The highest BCUT2D eigenvalue weighted by molar-refractivity contribution is 5.11. The highest BCUT2D eigenvalue weighted by Crippen LogP contribution is 2.33. The van der Waals surface area contributed by atoms with E-state index in [0.717, 1.165) is 18.4 Å². The summed E-state index contributed by atoms with van der Waals surface area (Å²) in [5.74, 6) is 1.76. The smallest absolute Gasteiger partial charge is 0.0270 e. The molecule has 0 aromatic carbocycles. The molecule has 2 heteroatoms. The Morgan fingerprint density at radius 1 is 1.25 bits per heavy atom. The fourth-order valence-corrected chi connectivity index (χ4v) is 2.80. The van der Waals surface area contributed by atoms with E-state index in [1.54, 1.807) is 0 Å². The molecule has 0 spiro atoms. The topological polar surface area (TPSA) is 24.9 Å². The molecule has 16 heavy (non-hydrogen) atoms. The molecule has 1 heterocycles. The summed E-state index contributed by atoms with van der Waals surface area (Å²) in [5.41, 5.74) is 1.45. The van der Waals surface area contributed by atoms with Crippen LogP contribution in [0.15, 0.2) is 24.5 Å². The summed E-state index contributed by atoms with van der Waals surface area (Å²) in [7, 11) is 0. The van der Waals surface area contributed by atoms with Gasteiger partial charge in [-0.1, -0.05) is 13.3 Å². The van der Waals surface area contributed by atoms with Crippen LogP contribution in [0.3, 0.4) is 0 Å².